The van der Waals surface area contributed by atoms with Crippen LogP contribution in [0, 0.1) is 11.7 Å². The molecule has 0 nitrogen and oxygen atoms in total. The van der Waals surface area contributed by atoms with E-state index in [2.05, 4.69) is 68.4 Å². The summed E-state index contributed by atoms with van der Waals surface area (Å²) in [6.07, 6.45) is 14.9. The van der Waals surface area contributed by atoms with Crippen molar-refractivity contribution in [2.75, 3.05) is 0 Å². The topological polar surface area (TPSA) is 0 Å². The van der Waals surface area contributed by atoms with Gasteiger partial charge < -0.3 is 0 Å². The third kappa shape index (κ3) is 7.29. The lowest BCUT2D eigenvalue weighted by atomic mass is 9.77. The van der Waals surface area contributed by atoms with Gasteiger partial charge in [0.15, 0.2) is 0 Å². The van der Waals surface area contributed by atoms with E-state index in [1.54, 1.807) is 0 Å². The van der Waals surface area contributed by atoms with E-state index >= 15 is 4.39 Å². The van der Waals surface area contributed by atoms with E-state index in [0.717, 1.165) is 36.3 Å². The normalized spacial score (nSPS) is 18.0. The van der Waals surface area contributed by atoms with Crippen LogP contribution in [0.2, 0.25) is 0 Å². The van der Waals surface area contributed by atoms with Crippen molar-refractivity contribution in [1.82, 2.24) is 0 Å². The van der Waals surface area contributed by atoms with Gasteiger partial charge in [-0.15, -0.1) is 0 Å². The van der Waals surface area contributed by atoms with Gasteiger partial charge in [0.2, 0.25) is 0 Å². The van der Waals surface area contributed by atoms with Gasteiger partial charge in [0.25, 0.3) is 0 Å². The maximum absolute atomic E-state index is 15.1. The Labute approximate surface area is 213 Å². The predicted octanol–water partition coefficient (Wildman–Crippen LogP) is 10.1. The van der Waals surface area contributed by atoms with Crippen molar-refractivity contribution < 1.29 is 4.39 Å². The van der Waals surface area contributed by atoms with Gasteiger partial charge in [0.05, 0.1) is 0 Å². The number of hydrogen-bond acceptors (Lipinski definition) is 0. The molecule has 0 N–H and O–H groups in total. The van der Waals surface area contributed by atoms with Crippen LogP contribution >= 0.6 is 0 Å². The molecular weight excluding hydrogens is 427 g/mol. The fourth-order valence-corrected chi connectivity index (χ4v) is 5.79. The number of unbranched alkanes of at least 4 members (excludes halogenated alkanes) is 2. The average molecular weight is 471 g/mol. The Hall–Kier alpha value is -2.41. The first-order valence-electron chi connectivity index (χ1n) is 14.1. The van der Waals surface area contributed by atoms with E-state index in [1.165, 1.54) is 80.0 Å². The highest BCUT2D eigenvalue weighted by Crippen LogP contribution is 2.39. The zero-order valence-electron chi connectivity index (χ0n) is 21.9. The molecule has 0 aliphatic heterocycles. The molecule has 0 aromatic heterocycles. The fourth-order valence-electron chi connectivity index (χ4n) is 5.79. The molecule has 35 heavy (non-hydrogen) atoms. The molecule has 0 unspecified atom stereocenters. The molecule has 186 valence electrons. The van der Waals surface area contributed by atoms with Crippen LogP contribution in [-0.2, 0) is 19.3 Å². The van der Waals surface area contributed by atoms with Crippen molar-refractivity contribution in [2.45, 2.75) is 96.8 Å². The van der Waals surface area contributed by atoms with Crippen LogP contribution in [0.15, 0.2) is 66.7 Å². The van der Waals surface area contributed by atoms with Crippen LogP contribution in [0.4, 0.5) is 4.39 Å². The van der Waals surface area contributed by atoms with E-state index in [1.807, 2.05) is 12.1 Å². The molecule has 1 aliphatic carbocycles. The first kappa shape index (κ1) is 25.7. The average Bonchev–Trinajstić information content (AvgIpc) is 2.89. The van der Waals surface area contributed by atoms with Crippen molar-refractivity contribution >= 4 is 0 Å². The van der Waals surface area contributed by atoms with Gasteiger partial charge in [0.1, 0.15) is 5.82 Å². The lowest BCUT2D eigenvalue weighted by molar-refractivity contribution is 0.302. The van der Waals surface area contributed by atoms with E-state index in [0.29, 0.717) is 5.92 Å². The smallest absolute Gasteiger partial charge is 0.131 e. The first-order chi connectivity index (χ1) is 17.2. The van der Waals surface area contributed by atoms with Crippen LogP contribution in [0.1, 0.15) is 99.8 Å². The predicted molar refractivity (Wildman–Crippen MR) is 149 cm³/mol. The second-order valence-corrected chi connectivity index (χ2v) is 10.7. The molecule has 4 rings (SSSR count). The quantitative estimate of drug-likeness (QED) is 0.245. The Bertz CT molecular complexity index is 1020. The van der Waals surface area contributed by atoms with Crippen LogP contribution in [0.3, 0.4) is 0 Å². The molecule has 0 amide bonds. The lowest BCUT2D eigenvalue weighted by Gasteiger charge is -2.29. The summed E-state index contributed by atoms with van der Waals surface area (Å²) in [6.45, 7) is 4.50. The largest absolute Gasteiger partial charge is 0.206 e. The third-order valence-corrected chi connectivity index (χ3v) is 8.06. The van der Waals surface area contributed by atoms with Crippen LogP contribution in [0.25, 0.3) is 11.1 Å². The van der Waals surface area contributed by atoms with E-state index < -0.39 is 0 Å². The summed E-state index contributed by atoms with van der Waals surface area (Å²) in [5.41, 5.74) is 7.00. The van der Waals surface area contributed by atoms with Gasteiger partial charge in [-0.3, -0.25) is 0 Å². The highest BCUT2D eigenvalue weighted by molar-refractivity contribution is 5.65. The van der Waals surface area contributed by atoms with Crippen LogP contribution in [0.5, 0.6) is 0 Å². The maximum atomic E-state index is 15.1. The third-order valence-electron chi connectivity index (χ3n) is 8.06. The van der Waals surface area contributed by atoms with Gasteiger partial charge in [-0.2, -0.15) is 0 Å². The minimum Gasteiger partial charge on any atom is -0.206 e. The number of hydrogen-bond donors (Lipinski definition) is 0. The summed E-state index contributed by atoms with van der Waals surface area (Å²) in [5.74, 6) is 1.34. The molecule has 3 aromatic carbocycles. The van der Waals surface area contributed by atoms with Crippen molar-refractivity contribution in [3.05, 3.63) is 94.8 Å². The summed E-state index contributed by atoms with van der Waals surface area (Å²) in [6, 6.07) is 23.5. The van der Waals surface area contributed by atoms with Crippen molar-refractivity contribution in [1.29, 1.82) is 0 Å². The summed E-state index contributed by atoms with van der Waals surface area (Å²) in [5, 5.41) is 0. The van der Waals surface area contributed by atoms with Crippen molar-refractivity contribution in [2.24, 2.45) is 5.92 Å². The van der Waals surface area contributed by atoms with Crippen LogP contribution in [-0.4, -0.2) is 0 Å². The number of aryl methyl sites for hydroxylation is 3. The zero-order chi connectivity index (χ0) is 24.5. The monoisotopic (exact) mass is 470 g/mol. The molecule has 3 aromatic rings. The summed E-state index contributed by atoms with van der Waals surface area (Å²) < 4.78 is 15.1. The Balaban J connectivity index is 1.31. The van der Waals surface area contributed by atoms with Gasteiger partial charge in [-0.25, -0.2) is 4.39 Å². The van der Waals surface area contributed by atoms with E-state index in [9.17, 15) is 0 Å². The highest BCUT2D eigenvalue weighted by atomic mass is 19.1. The molecule has 0 heterocycles. The molecule has 0 spiro atoms. The van der Waals surface area contributed by atoms with Gasteiger partial charge >= 0.3 is 0 Å². The van der Waals surface area contributed by atoms with Crippen LogP contribution < -0.4 is 0 Å². The molecule has 1 aliphatic rings. The van der Waals surface area contributed by atoms with Gasteiger partial charge in [-0.05, 0) is 90.7 Å². The number of rotatable bonds is 11. The number of halogens is 1. The van der Waals surface area contributed by atoms with Gasteiger partial charge in [-0.1, -0.05) is 107 Å². The summed E-state index contributed by atoms with van der Waals surface area (Å²) in [4.78, 5) is 0. The Morgan fingerprint density at radius 2 is 1.26 bits per heavy atom. The molecule has 0 atom stereocenters. The molecule has 0 saturated heterocycles. The summed E-state index contributed by atoms with van der Waals surface area (Å²) >= 11 is 0. The second kappa shape index (κ2) is 13.1. The van der Waals surface area contributed by atoms with E-state index in [4.69, 9.17) is 0 Å². The standard InChI is InChI=1S/C34H43F/c1-3-5-6-8-27-15-19-30(20-16-27)32-23-24-33(34(35)25-32)31-21-17-29(18-22-31)14-13-28-11-9-26(7-4-2)10-12-28/h9-12,17-18,21-25,27,30H,3-8,13-16,19-20H2,1-2H3/t27-,30-. The molecule has 1 heteroatoms. The van der Waals surface area contributed by atoms with E-state index in [-0.39, 0.29) is 5.82 Å². The highest BCUT2D eigenvalue weighted by Gasteiger charge is 2.23. The number of benzene rings is 3. The molecule has 0 bridgehead atoms. The Kier molecular flexibility index (Phi) is 9.57. The maximum Gasteiger partial charge on any atom is 0.131 e. The SMILES string of the molecule is CCCCC[C@H]1CC[C@H](c2ccc(-c3ccc(CCc4ccc(CCC)cc4)cc3)c(F)c2)CC1. The Morgan fingerprint density at radius 1 is 0.657 bits per heavy atom. The second-order valence-electron chi connectivity index (χ2n) is 10.7. The van der Waals surface area contributed by atoms with Gasteiger partial charge in [0, 0.05) is 5.56 Å². The molecule has 0 radical (unpaired) electrons. The minimum atomic E-state index is -0.0764. The molecular formula is C34H43F. The molecule has 1 fully saturated rings. The van der Waals surface area contributed by atoms with Crippen molar-refractivity contribution in [3.63, 3.8) is 0 Å². The Morgan fingerprint density at radius 3 is 1.83 bits per heavy atom. The summed E-state index contributed by atoms with van der Waals surface area (Å²) in [7, 11) is 0. The molecule has 1 saturated carbocycles. The van der Waals surface area contributed by atoms with Crippen molar-refractivity contribution in [3.8, 4) is 11.1 Å². The zero-order valence-corrected chi connectivity index (χ0v) is 21.9. The fraction of sp³-hybridized carbons (Fsp3) is 0.471. The minimum absolute atomic E-state index is 0.0764. The lowest BCUT2D eigenvalue weighted by Crippen LogP contribution is -2.13. The first-order valence-corrected chi connectivity index (χ1v) is 14.1.